The second kappa shape index (κ2) is 25.9. The summed E-state index contributed by atoms with van der Waals surface area (Å²) in [5.74, 6) is -4.79. The van der Waals surface area contributed by atoms with Gasteiger partial charge >= 0.3 is 11.9 Å². The van der Waals surface area contributed by atoms with Crippen LogP contribution in [0, 0.1) is 17.7 Å². The van der Waals surface area contributed by atoms with Crippen molar-refractivity contribution in [2.24, 2.45) is 11.8 Å². The molecule has 1 saturated carbocycles. The maximum absolute atomic E-state index is 14.2. The number of hydrogen-bond acceptors (Lipinski definition) is 21. The highest BCUT2D eigenvalue weighted by Gasteiger charge is 2.54. The highest BCUT2D eigenvalue weighted by molar-refractivity contribution is 5.89. The molecule has 1 aromatic heterocycles. The summed E-state index contributed by atoms with van der Waals surface area (Å²) in [5, 5.41) is 108. The van der Waals surface area contributed by atoms with E-state index in [1.807, 2.05) is 0 Å². The SMILES string of the molecule is CCC[C@H](OC1C(OC(=O)c2ccccc2)[C@H](O[C@@H]2CC(C(=O)NCCO[C@H]3OC(CO)[C@@H](O)C(n4cc(-c5cccc(F)c5)nn4)C3O)CC(CC)C2O[C@@H]2OC(C)[C@@H](O)C(O)C2O)OC(CO)[C@@H]1O)C(=O)O. The van der Waals surface area contributed by atoms with E-state index in [1.54, 1.807) is 38.1 Å². The maximum Gasteiger partial charge on any atom is 0.338 e. The predicted octanol–water partition coefficient (Wildman–Crippen LogP) is -0.827. The van der Waals surface area contributed by atoms with Gasteiger partial charge < -0.3 is 89.2 Å². The summed E-state index contributed by atoms with van der Waals surface area (Å²) in [6.07, 6.45) is -23.4. The summed E-state index contributed by atoms with van der Waals surface area (Å²) >= 11 is 0. The number of aliphatic hydroxyl groups excluding tert-OH is 8. The van der Waals surface area contributed by atoms with Gasteiger partial charge in [0, 0.05) is 18.0 Å². The molecule has 1 amide bonds. The van der Waals surface area contributed by atoms with Crippen LogP contribution in [-0.2, 0) is 47.5 Å². The van der Waals surface area contributed by atoms with Crippen LogP contribution in [0.2, 0.25) is 0 Å². The van der Waals surface area contributed by atoms with Crippen molar-refractivity contribution in [2.45, 2.75) is 163 Å². The summed E-state index contributed by atoms with van der Waals surface area (Å²) in [6.45, 7) is 3.06. The van der Waals surface area contributed by atoms with Gasteiger partial charge in [-0.25, -0.2) is 18.7 Å². The van der Waals surface area contributed by atoms with Crippen molar-refractivity contribution in [1.82, 2.24) is 20.3 Å². The molecule has 4 heterocycles. The highest BCUT2D eigenvalue weighted by atomic mass is 19.1. The molecular formula is C49H67FN4O20. The molecule has 0 radical (unpaired) electrons. The van der Waals surface area contributed by atoms with E-state index in [4.69, 9.17) is 37.9 Å². The number of carboxylic acids is 1. The summed E-state index contributed by atoms with van der Waals surface area (Å²) in [6, 6.07) is 12.1. The van der Waals surface area contributed by atoms with E-state index in [2.05, 4.69) is 15.6 Å². The molecule has 3 aliphatic heterocycles. The lowest BCUT2D eigenvalue weighted by molar-refractivity contribution is -0.349. The van der Waals surface area contributed by atoms with Gasteiger partial charge in [0.1, 0.15) is 72.5 Å². The predicted molar refractivity (Wildman–Crippen MR) is 248 cm³/mol. The molecule has 12 unspecified atom stereocenters. The standard InChI is InChI=1S/C49H67FN4O20/c1-4-10-30(45(64)65)69-42-37(59)33(22-56)72-49(43(42)73-46(66)25-11-7-6-8-12-25)70-31-19-27(17-24(5-2)41(31)74-48-40(62)39(61)35(57)23(3)68-48)44(63)51-15-16-67-47-38(60)34(36(58)32(21-55)71-47)54-20-29(52-53-54)26-13-9-14-28(50)18-26/h6-9,11-14,18,20,23-24,27,30-43,47-49,55-62H,4-5,10,15-17,19,21-22H2,1-3H3,(H,51,63)(H,64,65)/t23?,24?,27?,30-,31+,32?,33?,34?,35+,36+,37-,38?,39?,40?,41?,42?,43?,47-,48-,49+/m0/s1. The van der Waals surface area contributed by atoms with Crippen molar-refractivity contribution in [2.75, 3.05) is 26.4 Å². The van der Waals surface area contributed by atoms with E-state index in [0.29, 0.717) is 18.4 Å². The number of carboxylic acid groups (broad SMARTS) is 1. The van der Waals surface area contributed by atoms with Crippen molar-refractivity contribution in [3.63, 3.8) is 0 Å². The maximum atomic E-state index is 14.2. The van der Waals surface area contributed by atoms with Crippen molar-refractivity contribution >= 4 is 17.8 Å². The number of aliphatic carboxylic acids is 1. The molecule has 7 rings (SSSR count). The van der Waals surface area contributed by atoms with E-state index in [-0.39, 0.29) is 43.7 Å². The first-order valence-electron chi connectivity index (χ1n) is 24.8. The van der Waals surface area contributed by atoms with Crippen LogP contribution in [-0.4, -0.2) is 209 Å². The van der Waals surface area contributed by atoms with Gasteiger partial charge in [0.25, 0.3) is 0 Å². The lowest BCUT2D eigenvalue weighted by Crippen LogP contribution is -2.64. The van der Waals surface area contributed by atoms with Crippen LogP contribution in [0.5, 0.6) is 0 Å². The van der Waals surface area contributed by atoms with E-state index in [1.165, 1.54) is 48.1 Å². The Morgan fingerprint density at radius 1 is 0.811 bits per heavy atom. The molecule has 1 aliphatic carbocycles. The number of benzene rings is 2. The van der Waals surface area contributed by atoms with Gasteiger partial charge in [-0.3, -0.25) is 4.79 Å². The smallest absolute Gasteiger partial charge is 0.338 e. The van der Waals surface area contributed by atoms with E-state index < -0.39 is 159 Å². The molecular weight excluding hydrogens is 984 g/mol. The van der Waals surface area contributed by atoms with Gasteiger partial charge in [0.15, 0.2) is 31.1 Å². The van der Waals surface area contributed by atoms with Crippen molar-refractivity contribution in [3.05, 3.63) is 72.2 Å². The minimum Gasteiger partial charge on any atom is -0.479 e. The molecule has 0 spiro atoms. The van der Waals surface area contributed by atoms with E-state index in [9.17, 15) is 64.7 Å². The largest absolute Gasteiger partial charge is 0.479 e. The zero-order valence-corrected chi connectivity index (χ0v) is 40.9. The Kier molecular flexibility index (Phi) is 20.0. The number of esters is 1. The average molecular weight is 1050 g/mol. The van der Waals surface area contributed by atoms with Crippen molar-refractivity contribution in [1.29, 1.82) is 0 Å². The number of halogens is 1. The number of aliphatic hydroxyl groups is 8. The number of ether oxygens (including phenoxy) is 8. The van der Waals surface area contributed by atoms with E-state index >= 15 is 0 Å². The number of rotatable bonds is 21. The van der Waals surface area contributed by atoms with Gasteiger partial charge in [0.05, 0.1) is 49.9 Å². The topological polar surface area (TPSA) is 350 Å². The van der Waals surface area contributed by atoms with E-state index in [0.717, 1.165) is 0 Å². The van der Waals surface area contributed by atoms with Crippen LogP contribution < -0.4 is 5.32 Å². The molecule has 4 aliphatic rings. The van der Waals surface area contributed by atoms with Crippen LogP contribution in [0.15, 0.2) is 60.8 Å². The monoisotopic (exact) mass is 1050 g/mol. The fourth-order valence-corrected chi connectivity index (χ4v) is 9.83. The Labute approximate surface area is 424 Å². The molecule has 0 bridgehead atoms. The molecule has 10 N–H and O–H groups in total. The normalized spacial score (nSPS) is 35.9. The first kappa shape index (κ1) is 57.0. The minimum absolute atomic E-state index is 0.0144. The second-order valence-electron chi connectivity index (χ2n) is 18.9. The number of carbonyl (C=O) groups is 3. The quantitative estimate of drug-likeness (QED) is 0.0460. The average Bonchev–Trinajstić information content (AvgIpc) is 3.88. The van der Waals surface area contributed by atoms with Crippen LogP contribution in [0.4, 0.5) is 4.39 Å². The number of hydrogen-bond donors (Lipinski definition) is 10. The fourth-order valence-electron chi connectivity index (χ4n) is 9.83. The fraction of sp³-hybridized carbons (Fsp3) is 0.653. The first-order chi connectivity index (χ1) is 35.5. The number of nitrogens with one attached hydrogen (secondary N) is 1. The summed E-state index contributed by atoms with van der Waals surface area (Å²) in [7, 11) is 0. The molecule has 20 atom stereocenters. The summed E-state index contributed by atoms with van der Waals surface area (Å²) in [4.78, 5) is 40.3. The molecule has 2 aromatic carbocycles. The lowest BCUT2D eigenvalue weighted by atomic mass is 9.75. The third-order valence-electron chi connectivity index (χ3n) is 13.9. The van der Waals surface area contributed by atoms with Gasteiger partial charge in [-0.05, 0) is 56.4 Å². The minimum atomic E-state index is -1.76. The van der Waals surface area contributed by atoms with Crippen molar-refractivity contribution in [3.8, 4) is 11.3 Å². The molecule has 25 heteroatoms. The summed E-state index contributed by atoms with van der Waals surface area (Å²) < 4.78 is 63.6. The molecule has 4 fully saturated rings. The Hall–Kier alpha value is -4.68. The molecule has 3 aromatic rings. The Balaban J connectivity index is 1.11. The number of aromatic nitrogens is 3. The third-order valence-corrected chi connectivity index (χ3v) is 13.9. The first-order valence-corrected chi connectivity index (χ1v) is 24.8. The molecule has 410 valence electrons. The van der Waals surface area contributed by atoms with Crippen LogP contribution >= 0.6 is 0 Å². The zero-order valence-electron chi connectivity index (χ0n) is 40.9. The van der Waals surface area contributed by atoms with Crippen LogP contribution in [0.25, 0.3) is 11.3 Å². The molecule has 74 heavy (non-hydrogen) atoms. The molecule has 3 saturated heterocycles. The number of carbonyl (C=O) groups excluding carboxylic acids is 2. The highest BCUT2D eigenvalue weighted by Crippen LogP contribution is 2.40. The van der Waals surface area contributed by atoms with Crippen molar-refractivity contribution < 1.29 is 103 Å². The van der Waals surface area contributed by atoms with Gasteiger partial charge in [-0.2, -0.15) is 0 Å². The molecule has 24 nitrogen and oxygen atoms in total. The Bertz CT molecular complexity index is 2290. The Morgan fingerprint density at radius 2 is 1.53 bits per heavy atom. The van der Waals surface area contributed by atoms with Gasteiger partial charge in [-0.15, -0.1) is 5.10 Å². The zero-order chi connectivity index (χ0) is 53.4. The van der Waals surface area contributed by atoms with Gasteiger partial charge in [-0.1, -0.05) is 62.2 Å². The number of nitrogens with zero attached hydrogens (tertiary/aromatic N) is 3. The van der Waals surface area contributed by atoms with Crippen LogP contribution in [0.1, 0.15) is 69.3 Å². The third kappa shape index (κ3) is 13.1. The number of amides is 1. The second-order valence-corrected chi connectivity index (χ2v) is 18.9. The lowest BCUT2D eigenvalue weighted by Gasteiger charge is -2.48. The van der Waals surface area contributed by atoms with Gasteiger partial charge in [0.2, 0.25) is 5.91 Å². The van der Waals surface area contributed by atoms with Crippen LogP contribution in [0.3, 0.4) is 0 Å². The summed E-state index contributed by atoms with van der Waals surface area (Å²) in [5.41, 5.74) is 0.689. The Morgan fingerprint density at radius 3 is 2.20 bits per heavy atom.